The smallest absolute Gasteiger partial charge is 0.338 e. The van der Waals surface area contributed by atoms with Gasteiger partial charge in [-0.1, -0.05) is 36.4 Å². The number of amides is 6. The normalized spacial score (nSPS) is 17.9. The SMILES string of the molecule is CP(c1ccccc1)c1ccc2cc1C(=O)NCC(=O)NCC(=O)NCC(=O)NCC(=O)N[C@@H](CCC[NH+]=C(N)N)C(=O)N2. The van der Waals surface area contributed by atoms with Crippen LogP contribution in [0.1, 0.15) is 23.2 Å². The van der Waals surface area contributed by atoms with Gasteiger partial charge in [-0.25, -0.2) is 0 Å². The van der Waals surface area contributed by atoms with Gasteiger partial charge in [0.1, 0.15) is 6.04 Å². The van der Waals surface area contributed by atoms with Crippen molar-refractivity contribution in [3.05, 3.63) is 54.1 Å². The summed E-state index contributed by atoms with van der Waals surface area (Å²) in [6.45, 7) is 0.606. The van der Waals surface area contributed by atoms with Crippen LogP contribution in [0.2, 0.25) is 0 Å². The van der Waals surface area contributed by atoms with E-state index in [9.17, 15) is 28.8 Å². The fourth-order valence-electron chi connectivity index (χ4n) is 4.14. The van der Waals surface area contributed by atoms with Gasteiger partial charge in [0.15, 0.2) is 0 Å². The van der Waals surface area contributed by atoms with Gasteiger partial charge in [-0.2, -0.15) is 0 Å². The monoisotopic (exact) mass is 626 g/mol. The fraction of sp³-hybridized carbons (Fsp3) is 0.321. The van der Waals surface area contributed by atoms with Gasteiger partial charge in [0.25, 0.3) is 5.91 Å². The molecule has 1 unspecified atom stereocenters. The van der Waals surface area contributed by atoms with E-state index in [2.05, 4.69) is 36.9 Å². The minimum atomic E-state index is -1.02. The molecule has 0 aliphatic carbocycles. The molecule has 3 rings (SSSR count). The summed E-state index contributed by atoms with van der Waals surface area (Å²) in [4.78, 5) is 78.6. The fourth-order valence-corrected chi connectivity index (χ4v) is 5.86. The van der Waals surface area contributed by atoms with Crippen molar-refractivity contribution in [1.82, 2.24) is 26.6 Å². The molecule has 15 nitrogen and oxygen atoms in total. The van der Waals surface area contributed by atoms with Crippen LogP contribution in [0.5, 0.6) is 0 Å². The molecule has 2 atom stereocenters. The molecular formula is C28H37N9O6P+. The summed E-state index contributed by atoms with van der Waals surface area (Å²) in [5.74, 6) is -3.66. The van der Waals surface area contributed by atoms with Crippen molar-refractivity contribution in [3.8, 4) is 0 Å². The largest absolute Gasteiger partial charge is 0.346 e. The van der Waals surface area contributed by atoms with Crippen LogP contribution in [0.25, 0.3) is 0 Å². The Labute approximate surface area is 255 Å². The summed E-state index contributed by atoms with van der Waals surface area (Å²) >= 11 is 0. The Morgan fingerprint density at radius 1 is 0.818 bits per heavy atom. The topological polar surface area (TPSA) is 241 Å². The van der Waals surface area contributed by atoms with E-state index in [0.717, 1.165) is 5.30 Å². The van der Waals surface area contributed by atoms with Crippen molar-refractivity contribution in [2.45, 2.75) is 18.9 Å². The van der Waals surface area contributed by atoms with Gasteiger partial charge < -0.3 is 31.9 Å². The average molecular weight is 627 g/mol. The van der Waals surface area contributed by atoms with Gasteiger partial charge in [0, 0.05) is 11.3 Å². The highest BCUT2D eigenvalue weighted by atomic mass is 31.1. The van der Waals surface area contributed by atoms with E-state index in [1.165, 1.54) is 6.07 Å². The Balaban J connectivity index is 1.93. The molecule has 0 aromatic heterocycles. The van der Waals surface area contributed by atoms with Crippen LogP contribution in [-0.4, -0.2) is 86.8 Å². The number of carbonyl (C=O) groups is 6. The van der Waals surface area contributed by atoms with Gasteiger partial charge in [0.05, 0.1) is 32.7 Å². The number of benzene rings is 2. The minimum Gasteiger partial charge on any atom is -0.346 e. The molecule has 16 heteroatoms. The first-order chi connectivity index (χ1) is 21.0. The Bertz CT molecular complexity index is 1420. The summed E-state index contributed by atoms with van der Waals surface area (Å²) in [6.07, 6.45) is 0.594. The predicted octanol–water partition coefficient (Wildman–Crippen LogP) is -4.60. The van der Waals surface area contributed by atoms with E-state index in [0.29, 0.717) is 24.0 Å². The zero-order valence-corrected chi connectivity index (χ0v) is 25.1. The average Bonchev–Trinajstić information content (AvgIpc) is 3.01. The lowest BCUT2D eigenvalue weighted by molar-refractivity contribution is -0.459. The molecule has 2 aromatic rings. The van der Waals surface area contributed by atoms with Gasteiger partial charge in [-0.15, -0.1) is 0 Å². The van der Waals surface area contributed by atoms with Gasteiger partial charge >= 0.3 is 5.96 Å². The van der Waals surface area contributed by atoms with Crippen LogP contribution in [0.15, 0.2) is 48.5 Å². The summed E-state index contributed by atoms with van der Waals surface area (Å²) in [7, 11) is -0.990. The van der Waals surface area contributed by atoms with E-state index in [4.69, 9.17) is 11.5 Å². The quantitative estimate of drug-likeness (QED) is 0.0653. The molecule has 0 saturated heterocycles. The number of rotatable bonds is 6. The maximum atomic E-state index is 13.4. The van der Waals surface area contributed by atoms with Crippen LogP contribution in [0.3, 0.4) is 0 Å². The zero-order chi connectivity index (χ0) is 32.1. The number of carbonyl (C=O) groups excluding carboxylic acids is 6. The molecular weight excluding hydrogens is 589 g/mol. The lowest BCUT2D eigenvalue weighted by atomic mass is 10.1. The number of anilines is 1. The number of hydrogen-bond donors (Lipinski definition) is 9. The van der Waals surface area contributed by atoms with E-state index in [1.54, 1.807) is 12.1 Å². The maximum Gasteiger partial charge on any atom is 0.338 e. The van der Waals surface area contributed by atoms with Crippen molar-refractivity contribution < 1.29 is 33.8 Å². The summed E-state index contributed by atoms with van der Waals surface area (Å²) in [5, 5.41) is 16.7. The number of nitrogens with two attached hydrogens (primary N) is 2. The number of fused-ring (bicyclic) bond motifs is 2. The number of nitrogens with one attached hydrogen (secondary N) is 7. The molecule has 1 aliphatic rings. The second-order valence-corrected chi connectivity index (χ2v) is 11.9. The molecule has 2 bridgehead atoms. The lowest BCUT2D eigenvalue weighted by Crippen LogP contribution is -2.78. The highest BCUT2D eigenvalue weighted by Crippen LogP contribution is 2.31. The first-order valence-electron chi connectivity index (χ1n) is 13.8. The molecule has 0 radical (unpaired) electrons. The molecule has 234 valence electrons. The zero-order valence-electron chi connectivity index (χ0n) is 24.2. The van der Waals surface area contributed by atoms with Crippen molar-refractivity contribution >= 4 is 65.6 Å². The Kier molecular flexibility index (Phi) is 12.6. The molecule has 1 heterocycles. The number of guanidine groups is 1. The van der Waals surface area contributed by atoms with Crippen LogP contribution >= 0.6 is 7.92 Å². The van der Waals surface area contributed by atoms with E-state index >= 15 is 0 Å². The third-order valence-corrected chi connectivity index (χ3v) is 8.60. The summed E-state index contributed by atoms with van der Waals surface area (Å²) in [5.41, 5.74) is 11.4. The first-order valence-corrected chi connectivity index (χ1v) is 15.6. The van der Waals surface area contributed by atoms with E-state index < -0.39 is 75.6 Å². The van der Waals surface area contributed by atoms with Crippen LogP contribution in [0, 0.1) is 0 Å². The maximum absolute atomic E-state index is 13.4. The standard InChI is InChI=1S/C28H36N9O6P/c1-44(18-6-3-2-4-7-18)21-10-9-17-12-19(21)26(42)35-15-24(40)33-13-22(38)32-14-23(39)34-16-25(41)37-20(27(43)36-17)8-5-11-31-28(29)30/h2-4,6-7,9-10,12,20H,5,8,11,13-16H2,1H3,(H,32,38)(H,33,40)(H,34,39)(H,35,42)(H,36,43)(H,37,41)(H4,29,30,31)/p+1/t20-,44?/m0/s1. The van der Waals surface area contributed by atoms with Gasteiger partial charge in [-0.3, -0.25) is 45.2 Å². The lowest BCUT2D eigenvalue weighted by Gasteiger charge is -2.21. The minimum absolute atomic E-state index is 0.0132. The van der Waals surface area contributed by atoms with Gasteiger partial charge in [0.2, 0.25) is 29.5 Å². The highest BCUT2D eigenvalue weighted by molar-refractivity contribution is 7.72. The van der Waals surface area contributed by atoms with Crippen LogP contribution in [-0.2, 0) is 24.0 Å². The summed E-state index contributed by atoms with van der Waals surface area (Å²) < 4.78 is 0. The third-order valence-electron chi connectivity index (χ3n) is 6.41. The van der Waals surface area contributed by atoms with Crippen molar-refractivity contribution in [1.29, 1.82) is 0 Å². The first kappa shape index (κ1) is 33.5. The second-order valence-electron chi connectivity index (χ2n) is 9.77. The molecule has 6 amide bonds. The molecule has 1 aliphatic heterocycles. The van der Waals surface area contributed by atoms with Gasteiger partial charge in [-0.05, 0) is 50.2 Å². The number of hydrogen-bond acceptors (Lipinski definition) is 6. The molecule has 0 fully saturated rings. The Morgan fingerprint density at radius 3 is 2.02 bits per heavy atom. The Morgan fingerprint density at radius 2 is 1.41 bits per heavy atom. The van der Waals surface area contributed by atoms with Crippen molar-refractivity contribution in [2.24, 2.45) is 11.5 Å². The molecule has 44 heavy (non-hydrogen) atoms. The second kappa shape index (κ2) is 16.6. The van der Waals surface area contributed by atoms with E-state index in [1.807, 2.05) is 37.0 Å². The van der Waals surface area contributed by atoms with Crippen LogP contribution < -0.4 is 59.0 Å². The highest BCUT2D eigenvalue weighted by Gasteiger charge is 2.24. The molecule has 2 aromatic carbocycles. The third kappa shape index (κ3) is 10.7. The Hall–Kier alpha value is -5.04. The summed E-state index contributed by atoms with van der Waals surface area (Å²) in [6, 6.07) is 13.5. The van der Waals surface area contributed by atoms with Crippen molar-refractivity contribution in [2.75, 3.05) is 44.7 Å². The predicted molar refractivity (Wildman–Crippen MR) is 165 cm³/mol. The van der Waals surface area contributed by atoms with E-state index in [-0.39, 0.29) is 17.9 Å². The molecule has 0 saturated carbocycles. The van der Waals surface area contributed by atoms with Crippen LogP contribution in [0.4, 0.5) is 5.69 Å². The molecule has 0 spiro atoms. The van der Waals surface area contributed by atoms with Crippen molar-refractivity contribution in [3.63, 3.8) is 0 Å². The molecule has 11 N–H and O–H groups in total.